The highest BCUT2D eigenvalue weighted by molar-refractivity contribution is 8.00. The Labute approximate surface area is 183 Å². The number of nitriles is 1. The normalized spacial score (nSPS) is 11.7. The van der Waals surface area contributed by atoms with Gasteiger partial charge in [-0.1, -0.05) is 41.6 Å². The molecule has 0 saturated carbocycles. The van der Waals surface area contributed by atoms with Crippen LogP contribution < -0.4 is 5.32 Å². The van der Waals surface area contributed by atoms with E-state index in [0.717, 1.165) is 28.1 Å². The van der Waals surface area contributed by atoms with Crippen LogP contribution >= 0.6 is 34.7 Å². The predicted octanol–water partition coefficient (Wildman–Crippen LogP) is 5.77. The minimum Gasteiger partial charge on any atom is -0.301 e. The van der Waals surface area contributed by atoms with Gasteiger partial charge >= 0.3 is 0 Å². The predicted molar refractivity (Wildman–Crippen MR) is 120 cm³/mol. The number of benzene rings is 1. The third-order valence-corrected chi connectivity index (χ3v) is 6.79. The Bertz CT molecular complexity index is 1120. The van der Waals surface area contributed by atoms with Gasteiger partial charge in [0.25, 0.3) is 0 Å². The molecule has 29 heavy (non-hydrogen) atoms. The highest BCUT2D eigenvalue weighted by atomic mass is 35.5. The minimum atomic E-state index is -0.441. The first kappa shape index (κ1) is 21.3. The Morgan fingerprint density at radius 3 is 2.66 bits per heavy atom. The van der Waals surface area contributed by atoms with E-state index in [1.807, 2.05) is 44.4 Å². The molecular formula is C21H19ClN4OS2. The summed E-state index contributed by atoms with van der Waals surface area (Å²) >= 11 is 8.84. The quantitative estimate of drug-likeness (QED) is 0.507. The summed E-state index contributed by atoms with van der Waals surface area (Å²) in [5.41, 5.74) is 4.82. The zero-order valence-electron chi connectivity index (χ0n) is 16.4. The number of aromatic nitrogens is 2. The van der Waals surface area contributed by atoms with Crippen molar-refractivity contribution in [1.29, 1.82) is 5.26 Å². The summed E-state index contributed by atoms with van der Waals surface area (Å²) in [7, 11) is 0. The maximum Gasteiger partial charge on any atom is 0.239 e. The van der Waals surface area contributed by atoms with Crippen molar-refractivity contribution in [3.63, 3.8) is 0 Å². The Kier molecular flexibility index (Phi) is 6.58. The fourth-order valence-electron chi connectivity index (χ4n) is 2.68. The van der Waals surface area contributed by atoms with Crippen molar-refractivity contribution in [3.05, 3.63) is 57.1 Å². The first-order valence-corrected chi connectivity index (χ1v) is 11.0. The number of nitrogens with one attached hydrogen (secondary N) is 1. The van der Waals surface area contributed by atoms with Gasteiger partial charge in [-0.15, -0.1) is 11.3 Å². The zero-order chi connectivity index (χ0) is 21.1. The number of thioether (sulfide) groups is 1. The molecule has 0 radical (unpaired) electrons. The fourth-order valence-corrected chi connectivity index (χ4v) is 4.63. The second kappa shape index (κ2) is 8.95. The summed E-state index contributed by atoms with van der Waals surface area (Å²) in [6.07, 6.45) is 0. The molecule has 0 aliphatic carbocycles. The van der Waals surface area contributed by atoms with Gasteiger partial charge in [0.15, 0.2) is 5.13 Å². The summed E-state index contributed by atoms with van der Waals surface area (Å²) in [5, 5.41) is 15.5. The number of rotatable bonds is 5. The molecule has 3 aromatic rings. The van der Waals surface area contributed by atoms with Crippen molar-refractivity contribution in [2.24, 2.45) is 0 Å². The van der Waals surface area contributed by atoms with E-state index in [9.17, 15) is 10.1 Å². The largest absolute Gasteiger partial charge is 0.301 e. The van der Waals surface area contributed by atoms with Crippen molar-refractivity contribution >= 4 is 45.7 Å². The summed E-state index contributed by atoms with van der Waals surface area (Å²) in [6, 6.07) is 9.66. The van der Waals surface area contributed by atoms with Gasteiger partial charge < -0.3 is 5.32 Å². The summed E-state index contributed by atoms with van der Waals surface area (Å²) in [6.45, 7) is 7.55. The molecule has 2 aromatic heterocycles. The number of aryl methyl sites for hydroxylation is 1. The molecule has 1 unspecified atom stereocenters. The number of hydrogen-bond acceptors (Lipinski definition) is 6. The van der Waals surface area contributed by atoms with Crippen LogP contribution in [-0.4, -0.2) is 21.1 Å². The second-order valence-electron chi connectivity index (χ2n) is 6.51. The molecule has 148 valence electrons. The van der Waals surface area contributed by atoms with Crippen LogP contribution in [-0.2, 0) is 4.79 Å². The molecule has 0 bridgehead atoms. The number of amides is 1. The van der Waals surface area contributed by atoms with Crippen LogP contribution in [0.1, 0.15) is 29.3 Å². The van der Waals surface area contributed by atoms with Crippen LogP contribution in [0, 0.1) is 32.1 Å². The average Bonchev–Trinajstić information content (AvgIpc) is 3.15. The SMILES string of the molecule is Cc1nc(SC(C)C(=O)Nc2nc(-c3ccccc3Cl)cs2)c(C#N)c(C)c1C. The van der Waals surface area contributed by atoms with Crippen LogP contribution in [0.5, 0.6) is 0 Å². The van der Waals surface area contributed by atoms with E-state index in [4.69, 9.17) is 11.6 Å². The molecule has 3 rings (SSSR count). The maximum atomic E-state index is 12.7. The smallest absolute Gasteiger partial charge is 0.239 e. The highest BCUT2D eigenvalue weighted by Gasteiger charge is 2.21. The standard InChI is InChI=1S/C21H19ClN4OS2/c1-11-12(2)16(9-23)20(24-13(11)3)29-14(4)19(27)26-21-25-18(10-28-21)15-7-5-6-8-17(15)22/h5-8,10,14H,1-4H3,(H,25,26,27). The van der Waals surface area contributed by atoms with Gasteiger partial charge in [-0.05, 0) is 44.9 Å². The van der Waals surface area contributed by atoms with Gasteiger partial charge in [-0.2, -0.15) is 5.26 Å². The van der Waals surface area contributed by atoms with Crippen LogP contribution in [0.4, 0.5) is 5.13 Å². The average molecular weight is 443 g/mol. The van der Waals surface area contributed by atoms with Crippen LogP contribution in [0.2, 0.25) is 5.02 Å². The van der Waals surface area contributed by atoms with E-state index in [2.05, 4.69) is 21.4 Å². The molecule has 0 spiro atoms. The van der Waals surface area contributed by atoms with Crippen molar-refractivity contribution in [3.8, 4) is 17.3 Å². The molecule has 0 fully saturated rings. The molecule has 1 N–H and O–H groups in total. The molecule has 0 aliphatic heterocycles. The van der Waals surface area contributed by atoms with E-state index in [1.54, 1.807) is 13.0 Å². The third-order valence-electron chi connectivity index (χ3n) is 4.62. The summed E-state index contributed by atoms with van der Waals surface area (Å²) < 4.78 is 0. The number of anilines is 1. The van der Waals surface area contributed by atoms with Gasteiger partial charge in [0, 0.05) is 21.7 Å². The Morgan fingerprint density at radius 2 is 1.97 bits per heavy atom. The first-order chi connectivity index (χ1) is 13.8. The van der Waals surface area contributed by atoms with Crippen molar-refractivity contribution < 1.29 is 4.79 Å². The van der Waals surface area contributed by atoms with E-state index < -0.39 is 5.25 Å². The molecule has 2 heterocycles. The van der Waals surface area contributed by atoms with Crippen molar-refractivity contribution in [2.45, 2.75) is 38.0 Å². The number of hydrogen-bond donors (Lipinski definition) is 1. The number of pyridine rings is 1. The molecule has 0 saturated heterocycles. The lowest BCUT2D eigenvalue weighted by molar-refractivity contribution is -0.115. The van der Waals surface area contributed by atoms with Gasteiger partial charge in [0.1, 0.15) is 11.1 Å². The van der Waals surface area contributed by atoms with E-state index in [1.165, 1.54) is 23.1 Å². The lowest BCUT2D eigenvalue weighted by Crippen LogP contribution is -2.22. The van der Waals surface area contributed by atoms with E-state index in [0.29, 0.717) is 20.7 Å². The van der Waals surface area contributed by atoms with Crippen molar-refractivity contribution in [1.82, 2.24) is 9.97 Å². The van der Waals surface area contributed by atoms with Gasteiger partial charge in [-0.25, -0.2) is 9.97 Å². The number of nitrogens with zero attached hydrogens (tertiary/aromatic N) is 3. The Hall–Kier alpha value is -2.40. The zero-order valence-corrected chi connectivity index (χ0v) is 18.8. The van der Waals surface area contributed by atoms with Gasteiger partial charge in [-0.3, -0.25) is 4.79 Å². The molecule has 1 amide bonds. The van der Waals surface area contributed by atoms with Crippen LogP contribution in [0.3, 0.4) is 0 Å². The molecule has 1 aromatic carbocycles. The summed E-state index contributed by atoms with van der Waals surface area (Å²) in [4.78, 5) is 21.7. The summed E-state index contributed by atoms with van der Waals surface area (Å²) in [5.74, 6) is -0.198. The molecule has 8 heteroatoms. The van der Waals surface area contributed by atoms with E-state index >= 15 is 0 Å². The maximum absolute atomic E-state index is 12.7. The number of thiazole rings is 1. The molecule has 1 atom stereocenters. The van der Waals surface area contributed by atoms with Crippen molar-refractivity contribution in [2.75, 3.05) is 5.32 Å². The minimum absolute atomic E-state index is 0.198. The first-order valence-electron chi connectivity index (χ1n) is 8.87. The molecular weight excluding hydrogens is 424 g/mol. The number of carbonyl (C=O) groups is 1. The van der Waals surface area contributed by atoms with Gasteiger partial charge in [0.05, 0.1) is 16.5 Å². The lowest BCUT2D eigenvalue weighted by Gasteiger charge is -2.14. The Balaban J connectivity index is 1.74. The number of carbonyl (C=O) groups excluding carboxylic acids is 1. The molecule has 0 aliphatic rings. The van der Waals surface area contributed by atoms with E-state index in [-0.39, 0.29) is 5.91 Å². The second-order valence-corrected chi connectivity index (χ2v) is 9.10. The van der Waals surface area contributed by atoms with Crippen LogP contribution in [0.15, 0.2) is 34.7 Å². The van der Waals surface area contributed by atoms with Gasteiger partial charge in [0.2, 0.25) is 5.91 Å². The molecule has 5 nitrogen and oxygen atoms in total. The Morgan fingerprint density at radius 1 is 1.24 bits per heavy atom. The topological polar surface area (TPSA) is 78.7 Å². The lowest BCUT2D eigenvalue weighted by atomic mass is 10.1. The number of halogens is 1. The fraction of sp³-hybridized carbons (Fsp3) is 0.238. The monoisotopic (exact) mass is 442 g/mol. The third kappa shape index (κ3) is 4.61. The van der Waals surface area contributed by atoms with Crippen LogP contribution in [0.25, 0.3) is 11.3 Å². The highest BCUT2D eigenvalue weighted by Crippen LogP contribution is 2.32.